The quantitative estimate of drug-likeness (QED) is 0.672. The highest BCUT2D eigenvalue weighted by molar-refractivity contribution is 5.83. The molecule has 1 amide bonds. The van der Waals surface area contributed by atoms with Gasteiger partial charge in [-0.15, -0.1) is 0 Å². The molecule has 0 aliphatic carbocycles. The van der Waals surface area contributed by atoms with E-state index < -0.39 is 30.1 Å². The van der Waals surface area contributed by atoms with E-state index in [1.165, 1.54) is 6.07 Å². The third-order valence-corrected chi connectivity index (χ3v) is 6.98. The van der Waals surface area contributed by atoms with E-state index in [0.717, 1.165) is 28.5 Å². The standard InChI is InChI=1S/C22H22F3N5O3/c23-22(24,25)17-4-3-10-18-16(33-20(10)29-17)2-1-5-30(18)21(31)14-6-11-12-8-32-9-13(12)19(26)28-15(11)7-27-14/h3-4,14,16,18,27H,1-2,5-9H2,(H2,26,28)/t14-,16+,18+/m1/s1. The normalized spacial score (nSPS) is 25.7. The molecule has 1 fully saturated rings. The zero-order valence-corrected chi connectivity index (χ0v) is 17.6. The number of nitrogen functional groups attached to an aromatic ring is 1. The van der Waals surface area contributed by atoms with Crippen LogP contribution < -0.4 is 15.8 Å². The lowest BCUT2D eigenvalue weighted by molar-refractivity contribution is -0.141. The fourth-order valence-corrected chi connectivity index (χ4v) is 5.41. The summed E-state index contributed by atoms with van der Waals surface area (Å²) in [6, 6.07) is 1.42. The summed E-state index contributed by atoms with van der Waals surface area (Å²) >= 11 is 0. The number of hydrogen-bond donors (Lipinski definition) is 2. The number of halogens is 3. The molecule has 11 heteroatoms. The molecule has 2 aromatic heterocycles. The molecule has 174 valence electrons. The molecule has 3 N–H and O–H groups in total. The maximum Gasteiger partial charge on any atom is 0.433 e. The first-order valence-corrected chi connectivity index (χ1v) is 11.0. The van der Waals surface area contributed by atoms with E-state index in [0.29, 0.717) is 56.9 Å². The highest BCUT2D eigenvalue weighted by Crippen LogP contribution is 2.45. The van der Waals surface area contributed by atoms with Gasteiger partial charge in [0.05, 0.1) is 31.0 Å². The van der Waals surface area contributed by atoms with E-state index >= 15 is 0 Å². The van der Waals surface area contributed by atoms with Crippen LogP contribution in [-0.2, 0) is 41.9 Å². The summed E-state index contributed by atoms with van der Waals surface area (Å²) in [5, 5.41) is 3.27. The lowest BCUT2D eigenvalue weighted by Gasteiger charge is -2.39. The van der Waals surface area contributed by atoms with Gasteiger partial charge < -0.3 is 20.1 Å². The van der Waals surface area contributed by atoms with Gasteiger partial charge in [-0.2, -0.15) is 13.2 Å². The molecule has 6 rings (SSSR count). The summed E-state index contributed by atoms with van der Waals surface area (Å²) in [7, 11) is 0. The van der Waals surface area contributed by atoms with Crippen molar-refractivity contribution in [2.45, 2.75) is 63.4 Å². The van der Waals surface area contributed by atoms with Crippen molar-refractivity contribution < 1.29 is 27.4 Å². The summed E-state index contributed by atoms with van der Waals surface area (Å²) in [5.74, 6) is 0.337. The van der Waals surface area contributed by atoms with Crippen molar-refractivity contribution in [3.63, 3.8) is 0 Å². The number of nitrogens with two attached hydrogens (primary N) is 1. The predicted octanol–water partition coefficient (Wildman–Crippen LogP) is 2.25. The van der Waals surface area contributed by atoms with Crippen LogP contribution in [0, 0.1) is 0 Å². The number of hydrogen-bond acceptors (Lipinski definition) is 7. The molecule has 4 aliphatic heterocycles. The minimum absolute atomic E-state index is 0.0314. The average molecular weight is 461 g/mol. The van der Waals surface area contributed by atoms with E-state index in [9.17, 15) is 18.0 Å². The molecule has 0 aromatic carbocycles. The Morgan fingerprint density at radius 3 is 2.82 bits per heavy atom. The van der Waals surface area contributed by atoms with Crippen LogP contribution in [0.5, 0.6) is 5.88 Å². The van der Waals surface area contributed by atoms with E-state index in [4.69, 9.17) is 15.2 Å². The Bertz CT molecular complexity index is 1160. The van der Waals surface area contributed by atoms with Crippen LogP contribution in [-0.4, -0.2) is 39.5 Å². The Hall–Kier alpha value is -2.92. The molecule has 0 saturated carbocycles. The molecule has 0 bridgehead atoms. The molecule has 3 atom stereocenters. The minimum Gasteiger partial charge on any atom is -0.472 e. The van der Waals surface area contributed by atoms with Crippen molar-refractivity contribution >= 4 is 11.7 Å². The van der Waals surface area contributed by atoms with E-state index in [1.807, 2.05) is 0 Å². The minimum atomic E-state index is -4.55. The number of piperidine rings is 1. The third-order valence-electron chi connectivity index (χ3n) is 6.98. The number of pyridine rings is 2. The first-order chi connectivity index (χ1) is 15.8. The molecule has 8 nitrogen and oxygen atoms in total. The van der Waals surface area contributed by atoms with Crippen LogP contribution in [0.2, 0.25) is 0 Å². The van der Waals surface area contributed by atoms with Crippen LogP contribution in [0.1, 0.15) is 52.5 Å². The lowest BCUT2D eigenvalue weighted by Crippen LogP contribution is -2.54. The molecule has 0 radical (unpaired) electrons. The number of rotatable bonds is 1. The van der Waals surface area contributed by atoms with Crippen LogP contribution in [0.25, 0.3) is 0 Å². The van der Waals surface area contributed by atoms with Gasteiger partial charge in [0.1, 0.15) is 17.6 Å². The van der Waals surface area contributed by atoms with Gasteiger partial charge in [-0.1, -0.05) is 0 Å². The van der Waals surface area contributed by atoms with E-state index in [-0.39, 0.29) is 11.8 Å². The first-order valence-electron chi connectivity index (χ1n) is 11.0. The number of aromatic nitrogens is 2. The number of anilines is 1. The Kier molecular flexibility index (Phi) is 4.57. The Morgan fingerprint density at radius 2 is 2.00 bits per heavy atom. The van der Waals surface area contributed by atoms with Crippen molar-refractivity contribution in [3.8, 4) is 5.88 Å². The summed E-state index contributed by atoms with van der Waals surface area (Å²) in [6.07, 6.45) is -3.13. The summed E-state index contributed by atoms with van der Waals surface area (Å²) in [5.41, 5.74) is 9.34. The van der Waals surface area contributed by atoms with Crippen LogP contribution in [0.15, 0.2) is 12.1 Å². The molecule has 6 heterocycles. The fourth-order valence-electron chi connectivity index (χ4n) is 5.41. The molecule has 0 unspecified atom stereocenters. The van der Waals surface area contributed by atoms with Gasteiger partial charge in [-0.25, -0.2) is 9.97 Å². The lowest BCUT2D eigenvalue weighted by atomic mass is 9.90. The third kappa shape index (κ3) is 3.24. The monoisotopic (exact) mass is 461 g/mol. The molecule has 1 saturated heterocycles. The number of likely N-dealkylation sites (tertiary alicyclic amines) is 1. The molecular weight excluding hydrogens is 439 g/mol. The molecule has 0 spiro atoms. The Labute approximate surface area is 187 Å². The Balaban J connectivity index is 1.29. The number of carbonyl (C=O) groups excluding carboxylic acids is 1. The zero-order valence-electron chi connectivity index (χ0n) is 17.6. The molecule has 2 aromatic rings. The van der Waals surface area contributed by atoms with Crippen molar-refractivity contribution in [1.82, 2.24) is 20.2 Å². The molecule has 33 heavy (non-hydrogen) atoms. The number of carbonyl (C=O) groups is 1. The van der Waals surface area contributed by atoms with Crippen molar-refractivity contribution in [2.24, 2.45) is 0 Å². The SMILES string of the molecule is Nc1nc2c(c3c1COC3)C[C@H](C(=O)N1CCC[C@@H]3Oc4nc(C(F)(F)F)ccc4[C@@H]31)NC2. The van der Waals surface area contributed by atoms with Gasteiger partial charge >= 0.3 is 6.18 Å². The van der Waals surface area contributed by atoms with Gasteiger partial charge in [0.25, 0.3) is 0 Å². The number of nitrogens with one attached hydrogen (secondary N) is 1. The van der Waals surface area contributed by atoms with E-state index in [2.05, 4.69) is 15.3 Å². The smallest absolute Gasteiger partial charge is 0.433 e. The maximum absolute atomic E-state index is 13.6. The summed E-state index contributed by atoms with van der Waals surface area (Å²) < 4.78 is 50.7. The number of ether oxygens (including phenoxy) is 2. The Morgan fingerprint density at radius 1 is 1.18 bits per heavy atom. The second-order valence-electron chi connectivity index (χ2n) is 8.87. The van der Waals surface area contributed by atoms with Gasteiger partial charge in [0.2, 0.25) is 11.8 Å². The topological polar surface area (TPSA) is 103 Å². The first kappa shape index (κ1) is 20.7. The number of nitrogens with zero attached hydrogens (tertiary/aromatic N) is 3. The second kappa shape index (κ2) is 7.29. The molecule has 4 aliphatic rings. The molecular formula is C22H22F3N5O3. The van der Waals surface area contributed by atoms with Crippen LogP contribution in [0.4, 0.5) is 19.0 Å². The number of fused-ring (bicyclic) bond motifs is 6. The highest BCUT2D eigenvalue weighted by Gasteiger charge is 2.46. The van der Waals surface area contributed by atoms with Crippen LogP contribution in [0.3, 0.4) is 0 Å². The fraction of sp³-hybridized carbons (Fsp3) is 0.500. The maximum atomic E-state index is 13.6. The number of alkyl halides is 3. The van der Waals surface area contributed by atoms with Crippen molar-refractivity contribution in [3.05, 3.63) is 45.8 Å². The summed E-state index contributed by atoms with van der Waals surface area (Å²) in [6.45, 7) is 1.79. The van der Waals surface area contributed by atoms with Gasteiger partial charge in [-0.05, 0) is 42.5 Å². The van der Waals surface area contributed by atoms with Crippen molar-refractivity contribution in [1.29, 1.82) is 0 Å². The highest BCUT2D eigenvalue weighted by atomic mass is 19.4. The average Bonchev–Trinajstić information content (AvgIpc) is 3.43. The van der Waals surface area contributed by atoms with Gasteiger partial charge in [0, 0.05) is 24.2 Å². The van der Waals surface area contributed by atoms with Crippen LogP contribution >= 0.6 is 0 Å². The largest absolute Gasteiger partial charge is 0.472 e. The van der Waals surface area contributed by atoms with Gasteiger partial charge in [0.15, 0.2) is 0 Å². The summed E-state index contributed by atoms with van der Waals surface area (Å²) in [4.78, 5) is 23.6. The van der Waals surface area contributed by atoms with Gasteiger partial charge in [-0.3, -0.25) is 10.1 Å². The zero-order chi connectivity index (χ0) is 22.9. The van der Waals surface area contributed by atoms with E-state index in [1.54, 1.807) is 4.90 Å². The predicted molar refractivity (Wildman–Crippen MR) is 109 cm³/mol. The van der Waals surface area contributed by atoms with Crippen molar-refractivity contribution in [2.75, 3.05) is 12.3 Å². The second-order valence-corrected chi connectivity index (χ2v) is 8.87. The number of amides is 1.